The van der Waals surface area contributed by atoms with Gasteiger partial charge in [0, 0.05) is 12.6 Å². The molecule has 0 saturated carbocycles. The van der Waals surface area contributed by atoms with Crippen molar-refractivity contribution in [2.75, 3.05) is 6.54 Å². The van der Waals surface area contributed by atoms with Gasteiger partial charge < -0.3 is 9.80 Å². The van der Waals surface area contributed by atoms with Crippen LogP contribution in [0.4, 0.5) is 0 Å². The number of amides is 2. The molecule has 17 heavy (non-hydrogen) atoms. The Labute approximate surface area is 101 Å². The van der Waals surface area contributed by atoms with E-state index >= 15 is 0 Å². The average molecular weight is 234 g/mol. The highest BCUT2D eigenvalue weighted by molar-refractivity contribution is 5.97. The number of hydrogen-bond donors (Lipinski definition) is 0. The molecule has 0 aromatic rings. The summed E-state index contributed by atoms with van der Waals surface area (Å²) in [6, 6.07) is -0.231. The number of nitrogens with zero attached hydrogens (tertiary/aromatic N) is 2. The van der Waals surface area contributed by atoms with Crippen LogP contribution in [0.15, 0.2) is 12.2 Å². The first kappa shape index (κ1) is 10.8. The van der Waals surface area contributed by atoms with E-state index in [1.165, 1.54) is 0 Å². The maximum absolute atomic E-state index is 12.5. The summed E-state index contributed by atoms with van der Waals surface area (Å²) in [6.45, 7) is 2.63. The van der Waals surface area contributed by atoms with Gasteiger partial charge in [0.2, 0.25) is 11.8 Å². The van der Waals surface area contributed by atoms with E-state index in [1.54, 1.807) is 4.90 Å². The van der Waals surface area contributed by atoms with Gasteiger partial charge in [0.15, 0.2) is 0 Å². The van der Waals surface area contributed by atoms with E-state index < -0.39 is 0 Å². The van der Waals surface area contributed by atoms with Crippen LogP contribution in [0.3, 0.4) is 0 Å². The standard InChI is InChI=1S/C13H18N2O2/c1-9-12(16)14-8-4-7-11(14)13(17)15(9)10-5-2-3-6-10/h2-3,9-11H,4-8H2,1H3. The molecule has 0 aromatic heterocycles. The molecule has 2 atom stereocenters. The van der Waals surface area contributed by atoms with Gasteiger partial charge in [-0.2, -0.15) is 0 Å². The van der Waals surface area contributed by atoms with Gasteiger partial charge in [-0.05, 0) is 32.6 Å². The van der Waals surface area contributed by atoms with Crippen LogP contribution >= 0.6 is 0 Å². The van der Waals surface area contributed by atoms with Crippen molar-refractivity contribution in [3.8, 4) is 0 Å². The molecule has 4 heteroatoms. The van der Waals surface area contributed by atoms with Gasteiger partial charge in [0.05, 0.1) is 0 Å². The van der Waals surface area contributed by atoms with Crippen LogP contribution in [-0.4, -0.2) is 46.3 Å². The largest absolute Gasteiger partial charge is 0.329 e. The Balaban J connectivity index is 1.87. The van der Waals surface area contributed by atoms with E-state index in [0.29, 0.717) is 0 Å². The first-order chi connectivity index (χ1) is 8.20. The lowest BCUT2D eigenvalue weighted by Gasteiger charge is -2.43. The van der Waals surface area contributed by atoms with Crippen LogP contribution in [0, 0.1) is 0 Å². The van der Waals surface area contributed by atoms with Crippen LogP contribution in [-0.2, 0) is 9.59 Å². The molecule has 0 aromatic carbocycles. The number of fused-ring (bicyclic) bond motifs is 1. The van der Waals surface area contributed by atoms with Gasteiger partial charge in [-0.3, -0.25) is 9.59 Å². The summed E-state index contributed by atoms with van der Waals surface area (Å²) in [5, 5.41) is 0. The third-order valence-electron chi connectivity index (χ3n) is 4.23. The summed E-state index contributed by atoms with van der Waals surface area (Å²) in [6.07, 6.45) is 7.82. The zero-order chi connectivity index (χ0) is 12.0. The van der Waals surface area contributed by atoms with E-state index in [0.717, 1.165) is 32.2 Å². The Morgan fingerprint density at radius 1 is 1.18 bits per heavy atom. The normalized spacial score (nSPS) is 33.7. The Hall–Kier alpha value is -1.32. The zero-order valence-corrected chi connectivity index (χ0v) is 10.1. The topological polar surface area (TPSA) is 40.6 Å². The van der Waals surface area contributed by atoms with E-state index in [1.807, 2.05) is 11.8 Å². The first-order valence-corrected chi connectivity index (χ1v) is 6.48. The highest BCUT2D eigenvalue weighted by atomic mass is 16.2. The molecule has 2 aliphatic heterocycles. The second kappa shape index (κ2) is 3.86. The molecule has 0 N–H and O–H groups in total. The minimum absolute atomic E-state index is 0.138. The third-order valence-corrected chi connectivity index (χ3v) is 4.23. The van der Waals surface area contributed by atoms with Crippen molar-refractivity contribution in [2.24, 2.45) is 0 Å². The maximum atomic E-state index is 12.5. The van der Waals surface area contributed by atoms with Crippen LogP contribution in [0.2, 0.25) is 0 Å². The average Bonchev–Trinajstić information content (AvgIpc) is 2.97. The van der Waals surface area contributed by atoms with Gasteiger partial charge in [0.25, 0.3) is 0 Å². The lowest BCUT2D eigenvalue weighted by atomic mass is 10.0. The highest BCUT2D eigenvalue weighted by Gasteiger charge is 2.47. The molecule has 2 fully saturated rings. The molecule has 2 unspecified atom stereocenters. The quantitative estimate of drug-likeness (QED) is 0.633. The van der Waals surface area contributed by atoms with Crippen molar-refractivity contribution in [3.05, 3.63) is 12.2 Å². The lowest BCUT2D eigenvalue weighted by molar-refractivity contribution is -0.161. The summed E-state index contributed by atoms with van der Waals surface area (Å²) < 4.78 is 0. The molecule has 3 rings (SSSR count). The molecule has 0 radical (unpaired) electrons. The van der Waals surface area contributed by atoms with E-state index in [2.05, 4.69) is 12.2 Å². The van der Waals surface area contributed by atoms with Gasteiger partial charge in [-0.15, -0.1) is 0 Å². The van der Waals surface area contributed by atoms with E-state index in [4.69, 9.17) is 0 Å². The Morgan fingerprint density at radius 3 is 2.59 bits per heavy atom. The molecule has 92 valence electrons. The third kappa shape index (κ3) is 1.50. The monoisotopic (exact) mass is 234 g/mol. The van der Waals surface area contributed by atoms with Crippen molar-refractivity contribution in [3.63, 3.8) is 0 Å². The van der Waals surface area contributed by atoms with Crippen LogP contribution in [0.1, 0.15) is 32.6 Å². The van der Waals surface area contributed by atoms with Gasteiger partial charge >= 0.3 is 0 Å². The molecule has 2 saturated heterocycles. The number of rotatable bonds is 1. The molecular formula is C13H18N2O2. The van der Waals surface area contributed by atoms with Crippen molar-refractivity contribution < 1.29 is 9.59 Å². The van der Waals surface area contributed by atoms with Gasteiger partial charge in [-0.1, -0.05) is 12.2 Å². The highest BCUT2D eigenvalue weighted by Crippen LogP contribution is 2.31. The molecule has 0 bridgehead atoms. The number of carbonyl (C=O) groups is 2. The molecule has 2 heterocycles. The Bertz CT molecular complexity index is 383. The Morgan fingerprint density at radius 2 is 1.88 bits per heavy atom. The molecule has 4 nitrogen and oxygen atoms in total. The molecule has 1 aliphatic carbocycles. The molecular weight excluding hydrogens is 216 g/mol. The van der Waals surface area contributed by atoms with Crippen LogP contribution < -0.4 is 0 Å². The minimum Gasteiger partial charge on any atom is -0.329 e. The second-order valence-electron chi connectivity index (χ2n) is 5.21. The zero-order valence-electron chi connectivity index (χ0n) is 10.1. The fourth-order valence-corrected chi connectivity index (χ4v) is 3.34. The number of piperazine rings is 1. The first-order valence-electron chi connectivity index (χ1n) is 6.48. The predicted molar refractivity (Wildman–Crippen MR) is 63.2 cm³/mol. The van der Waals surface area contributed by atoms with Crippen molar-refractivity contribution in [1.29, 1.82) is 0 Å². The minimum atomic E-state index is -0.276. The van der Waals surface area contributed by atoms with Crippen LogP contribution in [0.25, 0.3) is 0 Å². The lowest BCUT2D eigenvalue weighted by Crippen LogP contribution is -2.64. The summed E-state index contributed by atoms with van der Waals surface area (Å²) in [4.78, 5) is 28.3. The van der Waals surface area contributed by atoms with Crippen molar-refractivity contribution >= 4 is 11.8 Å². The van der Waals surface area contributed by atoms with Crippen molar-refractivity contribution in [2.45, 2.75) is 50.7 Å². The summed E-state index contributed by atoms with van der Waals surface area (Å²) in [5.41, 5.74) is 0. The number of hydrogen-bond acceptors (Lipinski definition) is 2. The summed E-state index contributed by atoms with van der Waals surface area (Å²) in [5.74, 6) is 0.308. The second-order valence-corrected chi connectivity index (χ2v) is 5.21. The van der Waals surface area contributed by atoms with E-state index in [-0.39, 0.29) is 29.9 Å². The molecule has 2 amide bonds. The molecule has 0 spiro atoms. The van der Waals surface area contributed by atoms with Crippen LogP contribution in [0.5, 0.6) is 0 Å². The van der Waals surface area contributed by atoms with Gasteiger partial charge in [0.1, 0.15) is 12.1 Å². The fraction of sp³-hybridized carbons (Fsp3) is 0.692. The predicted octanol–water partition coefficient (Wildman–Crippen LogP) is 0.927. The summed E-state index contributed by atoms with van der Waals surface area (Å²) in [7, 11) is 0. The van der Waals surface area contributed by atoms with E-state index in [9.17, 15) is 9.59 Å². The SMILES string of the molecule is CC1C(=O)N2CCCC2C(=O)N1C1CC=CC1. The van der Waals surface area contributed by atoms with Gasteiger partial charge in [-0.25, -0.2) is 0 Å². The fourth-order valence-electron chi connectivity index (χ4n) is 3.34. The Kier molecular flexibility index (Phi) is 2.45. The number of carbonyl (C=O) groups excluding carboxylic acids is 2. The van der Waals surface area contributed by atoms with Crippen molar-refractivity contribution in [1.82, 2.24) is 9.80 Å². The summed E-state index contributed by atoms with van der Waals surface area (Å²) >= 11 is 0. The molecule has 3 aliphatic rings. The maximum Gasteiger partial charge on any atom is 0.246 e. The smallest absolute Gasteiger partial charge is 0.246 e.